The van der Waals surface area contributed by atoms with Gasteiger partial charge in [-0.05, 0) is 114 Å². The predicted octanol–water partition coefficient (Wildman–Crippen LogP) is 15.2. The third-order valence-corrected chi connectivity index (χ3v) is 14.5. The van der Waals surface area contributed by atoms with Gasteiger partial charge in [0.25, 0.3) is 0 Å². The topological polar surface area (TPSA) is 35.3 Å². The highest BCUT2D eigenvalue weighted by Crippen LogP contribution is 2.63. The van der Waals surface area contributed by atoms with Crippen molar-refractivity contribution in [1.29, 1.82) is 0 Å². The van der Waals surface area contributed by atoms with E-state index in [9.17, 15) is 0 Å². The van der Waals surface area contributed by atoms with E-state index in [1.807, 2.05) is 0 Å². The molecule has 2 N–H and O–H groups in total. The molecule has 0 aromatic heterocycles. The third kappa shape index (κ3) is 6.49. The van der Waals surface area contributed by atoms with E-state index < -0.39 is 5.41 Å². The van der Waals surface area contributed by atoms with Crippen LogP contribution < -0.4 is 10.6 Å². The van der Waals surface area contributed by atoms with Crippen LogP contribution in [0.4, 0.5) is 17.1 Å². The van der Waals surface area contributed by atoms with Gasteiger partial charge in [-0.15, -0.1) is 0 Å². The molecule has 1 aliphatic carbocycles. The molecular weight excluding hydrogens is 825 g/mol. The number of nitrogens with zero attached hydrogens (tertiary/aromatic N) is 3. The van der Waals surface area contributed by atoms with Crippen molar-refractivity contribution in [2.45, 2.75) is 24.3 Å². The number of para-hydroxylation sites is 3. The summed E-state index contributed by atoms with van der Waals surface area (Å²) < 4.78 is 0. The molecule has 13 rings (SSSR count). The monoisotopic (exact) mass is 872 g/mol. The molecule has 0 saturated carbocycles. The second kappa shape index (κ2) is 16.3. The van der Waals surface area contributed by atoms with Gasteiger partial charge in [-0.2, -0.15) is 5.01 Å². The molecule has 2 heterocycles. The summed E-state index contributed by atoms with van der Waals surface area (Å²) in [5, 5.41) is 4.75. The molecule has 1 saturated heterocycles. The number of nitrogens with two attached hydrogens (primary N) is 1. The van der Waals surface area contributed by atoms with Gasteiger partial charge in [0, 0.05) is 12.2 Å². The fourth-order valence-corrected chi connectivity index (χ4v) is 11.3. The summed E-state index contributed by atoms with van der Waals surface area (Å²) in [4.78, 5) is 2.44. The van der Waals surface area contributed by atoms with Gasteiger partial charge in [0.05, 0.1) is 23.0 Å². The van der Waals surface area contributed by atoms with Crippen molar-refractivity contribution in [3.63, 3.8) is 0 Å². The van der Waals surface area contributed by atoms with Crippen molar-refractivity contribution in [1.82, 2.24) is 10.0 Å². The number of rotatable bonds is 9. The maximum Gasteiger partial charge on any atom is 0.117 e. The Balaban J connectivity index is 0.865. The Hall–Kier alpha value is -8.12. The molecule has 3 aliphatic rings. The van der Waals surface area contributed by atoms with Gasteiger partial charge < -0.3 is 10.6 Å². The van der Waals surface area contributed by atoms with Gasteiger partial charge in [-0.3, -0.25) is 0 Å². The zero-order valence-corrected chi connectivity index (χ0v) is 37.5. The second-order valence-corrected chi connectivity index (χ2v) is 18.2. The fraction of sp³-hybridized carbons (Fsp3) is 0.0625. The van der Waals surface area contributed by atoms with E-state index in [-0.39, 0.29) is 12.3 Å². The first-order valence-corrected chi connectivity index (χ1v) is 23.6. The standard InChI is InChI=1S/C64H48N4/c65-62(50-36-32-48(33-37-50)46-18-6-2-7-19-46)68-63(66(68)43-44-28-30-47(31-29-44)45-16-4-1-5-17-45)51-38-34-49(35-39-51)52-40-41-55-54-22-10-11-23-56(54)64(59(55)42-52)57-24-12-14-26-60(57)67(53-20-8-3-9-21-53)61-27-15-13-25-58(61)64/h1-42,62-63H,43,65H2/t62?,63?,66-,68?/m1/s1. The van der Waals surface area contributed by atoms with Gasteiger partial charge in [-0.25, -0.2) is 5.01 Å². The maximum atomic E-state index is 7.23. The summed E-state index contributed by atoms with van der Waals surface area (Å²) in [7, 11) is 0. The number of anilines is 3. The van der Waals surface area contributed by atoms with Gasteiger partial charge in [0.15, 0.2) is 0 Å². The molecule has 10 aromatic rings. The van der Waals surface area contributed by atoms with Gasteiger partial charge in [0.2, 0.25) is 0 Å². The average molecular weight is 873 g/mol. The van der Waals surface area contributed by atoms with E-state index >= 15 is 0 Å². The first-order valence-electron chi connectivity index (χ1n) is 23.6. The Morgan fingerprint density at radius 3 is 1.47 bits per heavy atom. The van der Waals surface area contributed by atoms with Crippen LogP contribution in [0, 0.1) is 0 Å². The number of fused-ring (bicyclic) bond motifs is 9. The summed E-state index contributed by atoms with van der Waals surface area (Å²) in [5.74, 6) is 0. The lowest BCUT2D eigenvalue weighted by Gasteiger charge is -2.45. The molecule has 324 valence electrons. The van der Waals surface area contributed by atoms with Crippen molar-refractivity contribution in [2.75, 3.05) is 4.90 Å². The van der Waals surface area contributed by atoms with E-state index in [1.54, 1.807) is 0 Å². The molecule has 1 spiro atoms. The Labute approximate surface area is 398 Å². The maximum absolute atomic E-state index is 7.23. The molecular formula is C64H48N4. The molecule has 0 radical (unpaired) electrons. The van der Waals surface area contributed by atoms with E-state index in [0.717, 1.165) is 17.8 Å². The van der Waals surface area contributed by atoms with Crippen molar-refractivity contribution in [3.8, 4) is 44.5 Å². The lowest BCUT2D eigenvalue weighted by Crippen LogP contribution is -2.36. The van der Waals surface area contributed by atoms with Crippen LogP contribution >= 0.6 is 0 Å². The fourth-order valence-electron chi connectivity index (χ4n) is 11.3. The first kappa shape index (κ1) is 40.2. The SMILES string of the molecule is NC(c1ccc(-c2ccccc2)cc1)N1C(c2ccc(-c3ccc4c(c3)C3(c5ccccc5-4)c4ccccc4N(c4ccccc4)c4ccccc43)cc2)[N@@]1Cc1ccc(-c2ccccc2)cc1. The Morgan fingerprint density at radius 2 is 0.853 bits per heavy atom. The quantitative estimate of drug-likeness (QED) is 0.147. The van der Waals surface area contributed by atoms with Crippen LogP contribution in [0.5, 0.6) is 0 Å². The minimum absolute atomic E-state index is 0.0160. The van der Waals surface area contributed by atoms with Crippen LogP contribution in [0.15, 0.2) is 255 Å². The predicted molar refractivity (Wildman–Crippen MR) is 278 cm³/mol. The molecule has 4 atom stereocenters. The third-order valence-electron chi connectivity index (χ3n) is 14.5. The van der Waals surface area contributed by atoms with E-state index in [4.69, 9.17) is 5.73 Å². The number of benzene rings is 10. The molecule has 0 bridgehead atoms. The molecule has 4 heteroatoms. The molecule has 1 fully saturated rings. The summed E-state index contributed by atoms with van der Waals surface area (Å²) in [6, 6.07) is 93.0. The lowest BCUT2D eigenvalue weighted by atomic mass is 9.64. The summed E-state index contributed by atoms with van der Waals surface area (Å²) in [5.41, 5.74) is 28.8. The lowest BCUT2D eigenvalue weighted by molar-refractivity contribution is 0.237. The normalized spacial score (nSPS) is 17.4. The molecule has 0 amide bonds. The largest absolute Gasteiger partial charge is 0.311 e. The van der Waals surface area contributed by atoms with Crippen molar-refractivity contribution in [3.05, 3.63) is 294 Å². The number of hydrazine groups is 1. The second-order valence-electron chi connectivity index (χ2n) is 18.2. The van der Waals surface area contributed by atoms with Crippen LogP contribution in [0.3, 0.4) is 0 Å². The summed E-state index contributed by atoms with van der Waals surface area (Å²) in [6.07, 6.45) is -0.302. The Bertz CT molecular complexity index is 3390. The van der Waals surface area contributed by atoms with Crippen LogP contribution in [0.25, 0.3) is 44.5 Å². The van der Waals surface area contributed by atoms with E-state index in [2.05, 4.69) is 270 Å². The van der Waals surface area contributed by atoms with Crippen LogP contribution in [0.2, 0.25) is 0 Å². The van der Waals surface area contributed by atoms with Crippen molar-refractivity contribution in [2.24, 2.45) is 5.73 Å². The zero-order valence-electron chi connectivity index (χ0n) is 37.5. The highest BCUT2D eigenvalue weighted by molar-refractivity contribution is 5.96. The van der Waals surface area contributed by atoms with Crippen LogP contribution in [-0.2, 0) is 12.0 Å². The van der Waals surface area contributed by atoms with Crippen LogP contribution in [-0.4, -0.2) is 10.0 Å². The molecule has 10 aromatic carbocycles. The van der Waals surface area contributed by atoms with Crippen molar-refractivity contribution < 1.29 is 0 Å². The van der Waals surface area contributed by atoms with Gasteiger partial charge in [-0.1, -0.05) is 224 Å². The molecule has 4 nitrogen and oxygen atoms in total. The highest BCUT2D eigenvalue weighted by Gasteiger charge is 2.52. The highest BCUT2D eigenvalue weighted by atomic mass is 15.9. The van der Waals surface area contributed by atoms with Crippen LogP contribution in [0.1, 0.15) is 51.3 Å². The number of hydrogen-bond acceptors (Lipinski definition) is 4. The molecule has 68 heavy (non-hydrogen) atoms. The zero-order chi connectivity index (χ0) is 45.2. The number of hydrogen-bond donors (Lipinski definition) is 1. The average Bonchev–Trinajstić information content (AvgIpc) is 4.05. The summed E-state index contributed by atoms with van der Waals surface area (Å²) >= 11 is 0. The molecule has 2 aliphatic heterocycles. The Morgan fingerprint density at radius 1 is 0.397 bits per heavy atom. The van der Waals surface area contributed by atoms with E-state index in [0.29, 0.717) is 0 Å². The first-order chi connectivity index (χ1) is 33.6. The molecule has 3 unspecified atom stereocenters. The Kier molecular flexibility index (Phi) is 9.65. The van der Waals surface area contributed by atoms with Gasteiger partial charge >= 0.3 is 0 Å². The smallest absolute Gasteiger partial charge is 0.117 e. The summed E-state index contributed by atoms with van der Waals surface area (Å²) in [6.45, 7) is 0.745. The van der Waals surface area contributed by atoms with Gasteiger partial charge in [0.1, 0.15) is 6.17 Å². The minimum atomic E-state index is -0.510. The minimum Gasteiger partial charge on any atom is -0.311 e. The van der Waals surface area contributed by atoms with E-state index in [1.165, 1.54) is 89.3 Å². The van der Waals surface area contributed by atoms with Crippen molar-refractivity contribution >= 4 is 17.1 Å².